The smallest absolute Gasteiger partial charge is 0.133 e. The normalized spacial score (nSPS) is 58.4. The number of fused-ring (bicyclic) bond motifs is 5. The maximum atomic E-state index is 12.3. The van der Waals surface area contributed by atoms with Crippen LogP contribution in [-0.4, -0.2) is 72.0 Å². The van der Waals surface area contributed by atoms with Gasteiger partial charge in [-0.15, -0.1) is 0 Å². The lowest BCUT2D eigenvalue weighted by Crippen LogP contribution is -2.81. The van der Waals surface area contributed by atoms with Crippen LogP contribution in [0.4, 0.5) is 0 Å². The lowest BCUT2D eigenvalue weighted by molar-refractivity contribution is -0.342. The highest BCUT2D eigenvalue weighted by molar-refractivity contribution is 5.80. The van der Waals surface area contributed by atoms with Gasteiger partial charge in [-0.3, -0.25) is 4.79 Å². The number of carbonyl (C=O) groups excluding carboxylic acids is 1. The molecule has 4 aliphatic carbocycles. The second kappa shape index (κ2) is 5.86. The van der Waals surface area contributed by atoms with Gasteiger partial charge in [-0.25, -0.2) is 0 Å². The maximum absolute atomic E-state index is 12.3. The molecule has 158 valence electrons. The van der Waals surface area contributed by atoms with Crippen molar-refractivity contribution in [1.29, 1.82) is 0 Å². The molecule has 0 aliphatic heterocycles. The minimum Gasteiger partial charge on any atom is -0.393 e. The van der Waals surface area contributed by atoms with Crippen LogP contribution in [-0.2, 0) is 4.79 Å². The minimum absolute atomic E-state index is 0.0210. The van der Waals surface area contributed by atoms with Gasteiger partial charge in [0, 0.05) is 17.3 Å². The third-order valence-electron chi connectivity index (χ3n) is 8.96. The molecule has 0 radical (unpaired) electrons. The number of rotatable bonds is 1. The molecule has 0 aromatic carbocycles. The lowest BCUT2D eigenvalue weighted by Gasteiger charge is -2.67. The molecule has 0 aromatic heterocycles. The first-order valence-corrected chi connectivity index (χ1v) is 10.2. The number of aliphatic hydroxyl groups is 6. The molecule has 7 nitrogen and oxygen atoms in total. The zero-order valence-corrected chi connectivity index (χ0v) is 16.7. The van der Waals surface area contributed by atoms with Gasteiger partial charge < -0.3 is 30.6 Å². The van der Waals surface area contributed by atoms with Gasteiger partial charge in [0.05, 0.1) is 24.4 Å². The van der Waals surface area contributed by atoms with Crippen molar-refractivity contribution in [2.24, 2.45) is 22.7 Å². The summed E-state index contributed by atoms with van der Waals surface area (Å²) in [5, 5.41) is 67.1. The van der Waals surface area contributed by atoms with Gasteiger partial charge in [0.1, 0.15) is 17.0 Å². The summed E-state index contributed by atoms with van der Waals surface area (Å²) in [6.07, 6.45) is -1.69. The van der Waals surface area contributed by atoms with E-state index in [1.54, 1.807) is 6.08 Å². The Morgan fingerprint density at radius 1 is 1.14 bits per heavy atom. The van der Waals surface area contributed by atoms with Gasteiger partial charge in [0.15, 0.2) is 0 Å². The summed E-state index contributed by atoms with van der Waals surface area (Å²) in [5.41, 5.74) is -5.49. The Morgan fingerprint density at radius 2 is 1.79 bits per heavy atom. The van der Waals surface area contributed by atoms with Crippen LogP contribution in [0.15, 0.2) is 11.6 Å². The number of Topliss-reactive ketones (excluding diaryl/α,β-unsaturated/α-hetero) is 1. The molecule has 0 unspecified atom stereocenters. The van der Waals surface area contributed by atoms with E-state index in [4.69, 9.17) is 0 Å². The molecule has 4 rings (SSSR count). The summed E-state index contributed by atoms with van der Waals surface area (Å²) in [6, 6.07) is 0. The predicted octanol–water partition coefficient (Wildman–Crippen LogP) is -0.343. The summed E-state index contributed by atoms with van der Waals surface area (Å²) in [4.78, 5) is 12.3. The van der Waals surface area contributed by atoms with Crippen LogP contribution in [0.25, 0.3) is 0 Å². The highest BCUT2D eigenvalue weighted by atomic mass is 16.4. The predicted molar refractivity (Wildman–Crippen MR) is 99.0 cm³/mol. The first kappa shape index (κ1) is 20.4. The van der Waals surface area contributed by atoms with E-state index in [1.807, 2.05) is 6.92 Å². The molecule has 6 N–H and O–H groups in total. The SMILES string of the molecule is CC(=O)[C@@H]1C[C@H](O)[C@@]2(O)[C@]1(C)[C@H](O)[C@@H](O)[C@@H]1[C@@]3(C)CC[C@H](O)CC3=CC[C@]12O. The van der Waals surface area contributed by atoms with Gasteiger partial charge in [0.25, 0.3) is 0 Å². The standard InChI is InChI=1S/C21H32O7/c1-10(22)13-9-14(24)21(28)19(13,3)17(26)15(25)16-18(2)6-5-12(23)8-11(18)4-7-20(16,21)27/h4,12-17,23-28H,5-9H2,1-3H3/t12-,13-,14-,15-,16+,17+,18-,19-,20-,21+/m0/s1. The summed E-state index contributed by atoms with van der Waals surface area (Å²) < 4.78 is 0. The van der Waals surface area contributed by atoms with E-state index in [9.17, 15) is 35.4 Å². The van der Waals surface area contributed by atoms with Crippen LogP contribution in [0.5, 0.6) is 0 Å². The molecular weight excluding hydrogens is 364 g/mol. The van der Waals surface area contributed by atoms with E-state index in [-0.39, 0.29) is 18.6 Å². The van der Waals surface area contributed by atoms with Gasteiger partial charge in [-0.1, -0.05) is 25.5 Å². The highest BCUT2D eigenvalue weighted by Crippen LogP contribution is 2.69. The molecule has 28 heavy (non-hydrogen) atoms. The molecule has 3 fully saturated rings. The third-order valence-corrected chi connectivity index (χ3v) is 8.96. The number of hydrogen-bond acceptors (Lipinski definition) is 7. The van der Waals surface area contributed by atoms with E-state index in [2.05, 4.69) is 0 Å². The van der Waals surface area contributed by atoms with Crippen LogP contribution in [0.2, 0.25) is 0 Å². The van der Waals surface area contributed by atoms with Crippen LogP contribution in [0, 0.1) is 22.7 Å². The molecule has 0 spiro atoms. The number of ketones is 1. The molecule has 0 amide bonds. The number of carbonyl (C=O) groups is 1. The third kappa shape index (κ3) is 2.03. The summed E-state index contributed by atoms with van der Waals surface area (Å²) in [7, 11) is 0. The fourth-order valence-electron chi connectivity index (χ4n) is 7.45. The molecular formula is C21H32O7. The van der Waals surface area contributed by atoms with Crippen LogP contribution >= 0.6 is 0 Å². The fraction of sp³-hybridized carbons (Fsp3) is 0.857. The minimum atomic E-state index is -2.15. The van der Waals surface area contributed by atoms with Crippen molar-refractivity contribution < 1.29 is 35.4 Å². The monoisotopic (exact) mass is 396 g/mol. The Kier molecular flexibility index (Phi) is 4.28. The molecule has 4 aliphatic rings. The van der Waals surface area contributed by atoms with Gasteiger partial charge in [-0.2, -0.15) is 0 Å². The topological polar surface area (TPSA) is 138 Å². The van der Waals surface area contributed by atoms with E-state index in [0.717, 1.165) is 5.57 Å². The zero-order chi connectivity index (χ0) is 20.9. The largest absolute Gasteiger partial charge is 0.393 e. The van der Waals surface area contributed by atoms with Crippen molar-refractivity contribution in [2.75, 3.05) is 0 Å². The molecule has 0 saturated heterocycles. The molecule has 0 heterocycles. The van der Waals surface area contributed by atoms with Crippen LogP contribution < -0.4 is 0 Å². The Labute approximate surface area is 164 Å². The summed E-state index contributed by atoms with van der Waals surface area (Å²) in [6.45, 7) is 4.71. The van der Waals surface area contributed by atoms with Crippen molar-refractivity contribution >= 4 is 5.78 Å². The van der Waals surface area contributed by atoms with Gasteiger partial charge in [-0.05, 0) is 44.4 Å². The van der Waals surface area contributed by atoms with Crippen molar-refractivity contribution in [1.82, 2.24) is 0 Å². The van der Waals surface area contributed by atoms with Gasteiger partial charge in [0.2, 0.25) is 0 Å². The van der Waals surface area contributed by atoms with Crippen LogP contribution in [0.3, 0.4) is 0 Å². The van der Waals surface area contributed by atoms with E-state index >= 15 is 0 Å². The second-order valence-electron chi connectivity index (χ2n) is 10.0. The van der Waals surface area contributed by atoms with E-state index in [1.165, 1.54) is 13.8 Å². The number of aliphatic hydroxyl groups excluding tert-OH is 4. The first-order chi connectivity index (χ1) is 12.9. The molecule has 0 aromatic rings. The van der Waals surface area contributed by atoms with Crippen LogP contribution in [0.1, 0.15) is 52.9 Å². The van der Waals surface area contributed by atoms with Crippen molar-refractivity contribution in [3.63, 3.8) is 0 Å². The van der Waals surface area contributed by atoms with Crippen molar-refractivity contribution in [3.05, 3.63) is 11.6 Å². The Bertz CT molecular complexity index is 736. The summed E-state index contributed by atoms with van der Waals surface area (Å²) >= 11 is 0. The maximum Gasteiger partial charge on any atom is 0.133 e. The van der Waals surface area contributed by atoms with E-state index < -0.39 is 58.3 Å². The van der Waals surface area contributed by atoms with Gasteiger partial charge >= 0.3 is 0 Å². The average molecular weight is 396 g/mol. The average Bonchev–Trinajstić information content (AvgIpc) is 2.84. The molecule has 3 saturated carbocycles. The zero-order valence-electron chi connectivity index (χ0n) is 16.7. The number of hydrogen-bond donors (Lipinski definition) is 6. The first-order valence-electron chi connectivity index (χ1n) is 10.2. The fourth-order valence-corrected chi connectivity index (χ4v) is 7.45. The molecule has 0 bridgehead atoms. The quantitative estimate of drug-likeness (QED) is 0.333. The Morgan fingerprint density at radius 3 is 2.39 bits per heavy atom. The van der Waals surface area contributed by atoms with Crippen molar-refractivity contribution in [2.45, 2.75) is 88.5 Å². The van der Waals surface area contributed by atoms with Crippen molar-refractivity contribution in [3.8, 4) is 0 Å². The second-order valence-corrected chi connectivity index (χ2v) is 10.0. The summed E-state index contributed by atoms with van der Waals surface area (Å²) in [5.74, 6) is -2.11. The Balaban J connectivity index is 1.93. The van der Waals surface area contributed by atoms with E-state index in [0.29, 0.717) is 19.3 Å². The lowest BCUT2D eigenvalue weighted by atomic mass is 9.41. The molecule has 7 heteroatoms. The molecule has 10 atom stereocenters. The highest BCUT2D eigenvalue weighted by Gasteiger charge is 2.81. The Hall–Kier alpha value is -0.830.